The first-order valence-electron chi connectivity index (χ1n) is 17.2. The van der Waals surface area contributed by atoms with Gasteiger partial charge in [0.05, 0.1) is 0 Å². The smallest absolute Gasteiger partial charge is 0.418 e. The van der Waals surface area contributed by atoms with Crippen LogP contribution in [0.4, 0.5) is 51.8 Å². The minimum atomic E-state index is -6.00. The van der Waals surface area contributed by atoms with Gasteiger partial charge < -0.3 is 56.7 Å². The molecule has 1 aliphatic carbocycles. The Bertz CT molecular complexity index is 1410. The minimum absolute atomic E-state index is 0. The van der Waals surface area contributed by atoms with Crippen molar-refractivity contribution in [3.8, 4) is 0 Å². The first-order valence-corrected chi connectivity index (χ1v) is 20.0. The van der Waals surface area contributed by atoms with Crippen molar-refractivity contribution in [2.24, 2.45) is 0 Å². The monoisotopic (exact) mass is 925 g/mol. The summed E-state index contributed by atoms with van der Waals surface area (Å²) in [6, 6.07) is 45.0. The Morgan fingerprint density at radius 1 is 0.393 bits per heavy atom. The zero-order valence-electron chi connectivity index (χ0n) is 30.2. The number of benzene rings is 4. The van der Waals surface area contributed by atoms with Gasteiger partial charge in [0.25, 0.3) is 0 Å². The zero-order chi connectivity index (χ0) is 40.9. The van der Waals surface area contributed by atoms with Crippen LogP contribution in [0.5, 0.6) is 0 Å². The molecule has 1 saturated heterocycles. The van der Waals surface area contributed by atoms with Gasteiger partial charge in [-0.15, -0.1) is 0 Å². The van der Waals surface area contributed by atoms with Crippen molar-refractivity contribution < 1.29 is 71.3 Å². The fourth-order valence-electron chi connectivity index (χ4n) is 5.74. The van der Waals surface area contributed by atoms with E-state index < -0.39 is 37.6 Å². The second-order valence-electron chi connectivity index (χ2n) is 12.0. The van der Waals surface area contributed by atoms with Crippen LogP contribution in [-0.4, -0.2) is 58.1 Å². The Morgan fingerprint density at radius 2 is 0.571 bits per heavy atom. The first-order chi connectivity index (χ1) is 25.8. The molecule has 0 bridgehead atoms. The van der Waals surface area contributed by atoms with Crippen molar-refractivity contribution in [3.63, 3.8) is 0 Å². The van der Waals surface area contributed by atoms with Crippen LogP contribution in [0, 0.1) is 0 Å². The molecule has 4 aromatic carbocycles. The maximum Gasteiger partial charge on any atom is 3.00 e. The normalized spacial score (nSPS) is 17.5. The van der Waals surface area contributed by atoms with Crippen molar-refractivity contribution in [3.05, 3.63) is 146 Å². The zero-order valence-corrected chi connectivity index (χ0v) is 33.6. The Kier molecular flexibility index (Phi) is 24.0. The molecular weight excluding hydrogens is 884 g/mol. The summed E-state index contributed by atoms with van der Waals surface area (Å²) >= 11 is 0. The fourth-order valence-corrected chi connectivity index (χ4v) is 12.4. The second kappa shape index (κ2) is 26.2. The molecule has 56 heavy (non-hydrogen) atoms. The molecular formula is C37H41B3F12NP2Rh. The van der Waals surface area contributed by atoms with Gasteiger partial charge in [-0.2, -0.15) is 0 Å². The molecule has 0 amide bonds. The van der Waals surface area contributed by atoms with E-state index in [1.807, 2.05) is 0 Å². The van der Waals surface area contributed by atoms with E-state index in [1.165, 1.54) is 46.9 Å². The Balaban J connectivity index is 0.000000533. The molecule has 1 fully saturated rings. The topological polar surface area (TPSA) is 3.24 Å². The molecule has 0 unspecified atom stereocenters. The third kappa shape index (κ3) is 24.0. The van der Waals surface area contributed by atoms with Crippen molar-refractivity contribution in [2.45, 2.75) is 37.0 Å². The second-order valence-corrected chi connectivity index (χ2v) is 16.9. The van der Waals surface area contributed by atoms with Crippen LogP contribution < -0.4 is 21.2 Å². The van der Waals surface area contributed by atoms with Gasteiger partial charge in [-0.3, -0.25) is 0 Å². The van der Waals surface area contributed by atoms with Gasteiger partial charge in [0.2, 0.25) is 0 Å². The van der Waals surface area contributed by atoms with Gasteiger partial charge in [0.1, 0.15) is 0 Å². The number of allylic oxidation sites excluding steroid dienone is 4. The summed E-state index contributed by atoms with van der Waals surface area (Å²) in [4.78, 5) is 2.57. The van der Waals surface area contributed by atoms with Gasteiger partial charge in [0.15, 0.2) is 0 Å². The van der Waals surface area contributed by atoms with Gasteiger partial charge in [-0.1, -0.05) is 146 Å². The molecule has 2 aliphatic rings. The van der Waals surface area contributed by atoms with E-state index in [2.05, 4.69) is 158 Å². The van der Waals surface area contributed by atoms with E-state index in [0.717, 1.165) is 13.1 Å². The van der Waals surface area contributed by atoms with Crippen LogP contribution in [0.2, 0.25) is 0 Å². The predicted molar refractivity (Wildman–Crippen MR) is 211 cm³/mol. The van der Waals surface area contributed by atoms with Crippen LogP contribution in [-0.2, 0) is 19.5 Å². The van der Waals surface area contributed by atoms with Crippen LogP contribution in [0.3, 0.4) is 0 Å². The molecule has 0 radical (unpaired) electrons. The van der Waals surface area contributed by atoms with Gasteiger partial charge >= 0.3 is 41.2 Å². The maximum absolute atomic E-state index is 9.75. The van der Waals surface area contributed by atoms with E-state index in [4.69, 9.17) is 0 Å². The molecule has 0 spiro atoms. The third-order valence-corrected chi connectivity index (χ3v) is 13.6. The maximum atomic E-state index is 9.75. The summed E-state index contributed by atoms with van der Waals surface area (Å²) < 4.78 is 117. The number of rotatable bonds is 6. The number of halogens is 12. The van der Waals surface area contributed by atoms with Crippen LogP contribution in [0.1, 0.15) is 25.7 Å². The summed E-state index contributed by atoms with van der Waals surface area (Å²) in [7, 11) is -16.6. The molecule has 0 aromatic heterocycles. The molecule has 6 rings (SSSR count). The summed E-state index contributed by atoms with van der Waals surface area (Å²) in [6.07, 6.45) is 14.0. The van der Waals surface area contributed by atoms with Crippen molar-refractivity contribution in [1.29, 1.82) is 0 Å². The van der Waals surface area contributed by atoms with Crippen molar-refractivity contribution in [2.75, 3.05) is 20.1 Å². The quantitative estimate of drug-likeness (QED) is 0.0806. The predicted octanol–water partition coefficient (Wildman–Crippen LogP) is 11.5. The van der Waals surface area contributed by atoms with E-state index in [1.54, 1.807) is 0 Å². The van der Waals surface area contributed by atoms with E-state index in [0.29, 0.717) is 11.3 Å². The number of hydrogen-bond acceptors (Lipinski definition) is 1. The average Bonchev–Trinajstić information content (AvgIpc) is 3.44. The standard InChI is InChI=1S/C29H29NP2.C8H12.3BF4.Rh/c1-30-22-28(31(24-14-6-2-7-15-24)25-16-8-3-9-17-25)29(23-30)32(26-18-10-4-11-19-26)27-20-12-5-13-21-27;1-2-4-6-8-7-5-3-1;3*2-1(3,4)5;/h2-21,28-29H,22-23H2,1H3;1-2,7-8H,3-6H2;;;;/q;;3*-1;+3/b;2-1-,8-7?;;;;/t28-,29-;;;;;/m1...../s1. The SMILES string of the molecule is C1=CCC/C=C\CC1.CN1C[C@@H](P(c2ccccc2)c2ccccc2)[C@H](P(c2ccccc2)c2ccccc2)C1.F[B-](F)(F)F.F[B-](F)(F)F.F[B-](F)(F)F.[Rh+3]. The minimum Gasteiger partial charge on any atom is -0.418 e. The van der Waals surface area contributed by atoms with Crippen LogP contribution in [0.25, 0.3) is 0 Å². The summed E-state index contributed by atoms with van der Waals surface area (Å²) in [5.41, 5.74) is 1.23. The fraction of sp³-hybridized carbons (Fsp3) is 0.243. The molecule has 2 atom stereocenters. The molecule has 1 aliphatic heterocycles. The third-order valence-electron chi connectivity index (χ3n) is 7.58. The van der Waals surface area contributed by atoms with Crippen LogP contribution >= 0.6 is 15.8 Å². The molecule has 19 heteroatoms. The van der Waals surface area contributed by atoms with Gasteiger partial charge in [-0.25, -0.2) is 0 Å². The van der Waals surface area contributed by atoms with E-state index in [9.17, 15) is 51.8 Å². The molecule has 306 valence electrons. The molecule has 1 heterocycles. The van der Waals surface area contributed by atoms with Crippen molar-refractivity contribution in [1.82, 2.24) is 4.90 Å². The average molecular weight is 925 g/mol. The number of likely N-dealkylation sites (tertiary alicyclic amines) is 1. The molecule has 4 aromatic rings. The number of nitrogens with zero attached hydrogens (tertiary/aromatic N) is 1. The first kappa shape index (κ1) is 51.2. The largest absolute Gasteiger partial charge is 3.00 e. The Hall–Kier alpha value is -2.84. The molecule has 0 N–H and O–H groups in total. The van der Waals surface area contributed by atoms with Gasteiger partial charge in [0, 0.05) is 24.4 Å². The van der Waals surface area contributed by atoms with Crippen LogP contribution in [0.15, 0.2) is 146 Å². The summed E-state index contributed by atoms with van der Waals surface area (Å²) in [6.45, 7) is 2.30. The Labute approximate surface area is 336 Å². The van der Waals surface area contributed by atoms with Gasteiger partial charge in [-0.05, 0) is 69.8 Å². The van der Waals surface area contributed by atoms with Crippen molar-refractivity contribution >= 4 is 58.8 Å². The summed E-state index contributed by atoms with van der Waals surface area (Å²) in [5, 5.41) is 5.98. The molecule has 1 nitrogen and oxygen atoms in total. The summed E-state index contributed by atoms with van der Waals surface area (Å²) in [5.74, 6) is 0. The number of hydrogen-bond donors (Lipinski definition) is 0. The Morgan fingerprint density at radius 3 is 0.750 bits per heavy atom. The van der Waals surface area contributed by atoms with E-state index >= 15 is 0 Å². The molecule has 0 saturated carbocycles. The van der Waals surface area contributed by atoms with E-state index in [-0.39, 0.29) is 19.5 Å².